The minimum absolute atomic E-state index is 0.00894. The number of benzene rings is 2. The Morgan fingerprint density at radius 2 is 1.83 bits per heavy atom. The van der Waals surface area contributed by atoms with Crippen molar-refractivity contribution in [2.45, 2.75) is 13.0 Å². The lowest BCUT2D eigenvalue weighted by Crippen LogP contribution is -2.35. The Bertz CT molecular complexity index is 725. The van der Waals surface area contributed by atoms with Gasteiger partial charge in [-0.1, -0.05) is 0 Å². The van der Waals surface area contributed by atoms with Gasteiger partial charge in [-0.05, 0) is 53.9 Å². The topological polar surface area (TPSA) is 59.0 Å². The number of fused-ring (bicyclic) bond motifs is 1. The number of amides is 1. The molecule has 0 saturated heterocycles. The third kappa shape index (κ3) is 2.95. The maximum absolute atomic E-state index is 12.6. The Labute approximate surface area is 135 Å². The summed E-state index contributed by atoms with van der Waals surface area (Å²) in [5.74, 6) is 1.29. The molecule has 0 fully saturated rings. The van der Waals surface area contributed by atoms with Gasteiger partial charge >= 0.3 is 0 Å². The minimum Gasteiger partial charge on any atom is -0.504 e. The van der Waals surface area contributed by atoms with Crippen LogP contribution in [0.4, 0.5) is 0 Å². The quantitative estimate of drug-likeness (QED) is 0.946. The second-order valence-corrected chi connectivity index (χ2v) is 5.50. The highest BCUT2D eigenvalue weighted by Gasteiger charge is 2.23. The van der Waals surface area contributed by atoms with Crippen LogP contribution >= 0.6 is 0 Å². The number of ether oxygens (including phenoxy) is 2. The van der Waals surface area contributed by atoms with Crippen LogP contribution in [0.1, 0.15) is 21.5 Å². The molecule has 0 unspecified atom stereocenters. The van der Waals surface area contributed by atoms with E-state index >= 15 is 0 Å². The Kier molecular flexibility index (Phi) is 4.10. The van der Waals surface area contributed by atoms with Crippen LogP contribution in [0.5, 0.6) is 17.2 Å². The molecule has 0 spiro atoms. The molecule has 23 heavy (non-hydrogen) atoms. The molecule has 0 bridgehead atoms. The van der Waals surface area contributed by atoms with E-state index in [0.29, 0.717) is 24.4 Å². The molecule has 0 radical (unpaired) electrons. The van der Waals surface area contributed by atoms with E-state index < -0.39 is 0 Å². The molecular formula is C18H19NO4. The van der Waals surface area contributed by atoms with E-state index in [1.54, 1.807) is 48.4 Å². The van der Waals surface area contributed by atoms with Gasteiger partial charge in [0.2, 0.25) is 0 Å². The molecule has 2 aromatic carbocycles. The Hall–Kier alpha value is -2.69. The molecule has 120 valence electrons. The number of hydrogen-bond acceptors (Lipinski definition) is 4. The zero-order chi connectivity index (χ0) is 16.4. The Morgan fingerprint density at radius 3 is 2.48 bits per heavy atom. The van der Waals surface area contributed by atoms with Gasteiger partial charge in [0, 0.05) is 18.7 Å². The van der Waals surface area contributed by atoms with Crippen molar-refractivity contribution in [1.82, 2.24) is 4.90 Å². The molecule has 1 aliphatic rings. The van der Waals surface area contributed by atoms with Crippen LogP contribution in [-0.4, -0.2) is 36.7 Å². The van der Waals surface area contributed by atoms with Crippen molar-refractivity contribution in [3.05, 3.63) is 53.1 Å². The van der Waals surface area contributed by atoms with Crippen molar-refractivity contribution in [3.8, 4) is 17.2 Å². The van der Waals surface area contributed by atoms with E-state index in [-0.39, 0.29) is 11.7 Å². The summed E-state index contributed by atoms with van der Waals surface area (Å²) in [5, 5.41) is 9.85. The van der Waals surface area contributed by atoms with Crippen molar-refractivity contribution in [2.24, 2.45) is 0 Å². The molecule has 0 atom stereocenters. The fraction of sp³-hybridized carbons (Fsp3) is 0.278. The highest BCUT2D eigenvalue weighted by molar-refractivity contribution is 5.94. The summed E-state index contributed by atoms with van der Waals surface area (Å²) in [5.41, 5.74) is 2.70. The fourth-order valence-corrected chi connectivity index (χ4v) is 2.83. The maximum Gasteiger partial charge on any atom is 0.254 e. The van der Waals surface area contributed by atoms with Gasteiger partial charge in [-0.2, -0.15) is 0 Å². The lowest BCUT2D eigenvalue weighted by Gasteiger charge is -2.29. The van der Waals surface area contributed by atoms with Crippen molar-refractivity contribution in [1.29, 1.82) is 0 Å². The number of phenols is 1. The van der Waals surface area contributed by atoms with Gasteiger partial charge in [0.25, 0.3) is 5.91 Å². The summed E-state index contributed by atoms with van der Waals surface area (Å²) in [4.78, 5) is 14.4. The third-order valence-electron chi connectivity index (χ3n) is 4.14. The van der Waals surface area contributed by atoms with Crippen molar-refractivity contribution < 1.29 is 19.4 Å². The van der Waals surface area contributed by atoms with Crippen molar-refractivity contribution >= 4 is 5.91 Å². The zero-order valence-electron chi connectivity index (χ0n) is 13.2. The Balaban J connectivity index is 1.81. The molecular weight excluding hydrogens is 294 g/mol. The molecule has 5 heteroatoms. The molecule has 1 heterocycles. The van der Waals surface area contributed by atoms with Gasteiger partial charge in [0.1, 0.15) is 5.75 Å². The normalized spacial score (nSPS) is 13.4. The third-order valence-corrected chi connectivity index (χ3v) is 4.14. The van der Waals surface area contributed by atoms with Gasteiger partial charge in [0.05, 0.1) is 14.2 Å². The second kappa shape index (κ2) is 6.20. The standard InChI is InChI=1S/C18H19NO4/c1-22-15-5-3-12(4-6-15)18(21)19-8-7-13-9-16(20)17(23-2)10-14(13)11-19/h3-6,9-10,20H,7-8,11H2,1-2H3. The van der Waals surface area contributed by atoms with Gasteiger partial charge in [0.15, 0.2) is 11.5 Å². The largest absolute Gasteiger partial charge is 0.504 e. The molecule has 1 amide bonds. The van der Waals surface area contributed by atoms with Crippen LogP contribution in [0.15, 0.2) is 36.4 Å². The average molecular weight is 313 g/mol. The van der Waals surface area contributed by atoms with E-state index in [0.717, 1.165) is 23.3 Å². The number of hydrogen-bond donors (Lipinski definition) is 1. The highest BCUT2D eigenvalue weighted by atomic mass is 16.5. The number of rotatable bonds is 3. The van der Waals surface area contributed by atoms with E-state index in [4.69, 9.17) is 9.47 Å². The first kappa shape index (κ1) is 15.2. The first-order chi connectivity index (χ1) is 11.1. The SMILES string of the molecule is COc1ccc(C(=O)N2CCc3cc(O)c(OC)cc3C2)cc1. The summed E-state index contributed by atoms with van der Waals surface area (Å²) in [7, 11) is 3.12. The minimum atomic E-state index is -0.00894. The maximum atomic E-state index is 12.6. The fourth-order valence-electron chi connectivity index (χ4n) is 2.83. The highest BCUT2D eigenvalue weighted by Crippen LogP contribution is 2.32. The number of carbonyl (C=O) groups excluding carboxylic acids is 1. The van der Waals surface area contributed by atoms with Gasteiger partial charge < -0.3 is 19.5 Å². The van der Waals surface area contributed by atoms with E-state index in [2.05, 4.69) is 0 Å². The lowest BCUT2D eigenvalue weighted by molar-refractivity contribution is 0.0734. The number of aromatic hydroxyl groups is 1. The predicted molar refractivity (Wildman–Crippen MR) is 86.1 cm³/mol. The smallest absolute Gasteiger partial charge is 0.254 e. The van der Waals surface area contributed by atoms with Gasteiger partial charge in [-0.25, -0.2) is 0 Å². The summed E-state index contributed by atoms with van der Waals surface area (Å²) in [6.07, 6.45) is 0.717. The van der Waals surface area contributed by atoms with Crippen LogP contribution in [-0.2, 0) is 13.0 Å². The van der Waals surface area contributed by atoms with Gasteiger partial charge in [-0.3, -0.25) is 4.79 Å². The number of methoxy groups -OCH3 is 2. The van der Waals surface area contributed by atoms with E-state index in [9.17, 15) is 9.90 Å². The monoisotopic (exact) mass is 313 g/mol. The second-order valence-electron chi connectivity index (χ2n) is 5.50. The first-order valence-corrected chi connectivity index (χ1v) is 7.44. The number of nitrogens with zero attached hydrogens (tertiary/aromatic N) is 1. The summed E-state index contributed by atoms with van der Waals surface area (Å²) < 4.78 is 10.3. The molecule has 0 aliphatic carbocycles. The molecule has 2 aromatic rings. The summed E-state index contributed by atoms with van der Waals surface area (Å²) >= 11 is 0. The Morgan fingerprint density at radius 1 is 1.09 bits per heavy atom. The van der Waals surface area contributed by atoms with Crippen LogP contribution < -0.4 is 9.47 Å². The molecule has 3 rings (SSSR count). The zero-order valence-corrected chi connectivity index (χ0v) is 13.2. The van der Waals surface area contributed by atoms with Crippen LogP contribution in [0.25, 0.3) is 0 Å². The van der Waals surface area contributed by atoms with E-state index in [1.165, 1.54) is 7.11 Å². The van der Waals surface area contributed by atoms with Crippen LogP contribution in [0, 0.1) is 0 Å². The summed E-state index contributed by atoms with van der Waals surface area (Å²) in [6, 6.07) is 10.6. The molecule has 0 aromatic heterocycles. The van der Waals surface area contributed by atoms with Gasteiger partial charge in [-0.15, -0.1) is 0 Å². The summed E-state index contributed by atoms with van der Waals surface area (Å²) in [6.45, 7) is 1.14. The first-order valence-electron chi connectivity index (χ1n) is 7.44. The molecule has 1 N–H and O–H groups in total. The molecule has 5 nitrogen and oxygen atoms in total. The molecule has 1 aliphatic heterocycles. The van der Waals surface area contributed by atoms with Crippen molar-refractivity contribution in [3.63, 3.8) is 0 Å². The van der Waals surface area contributed by atoms with E-state index in [1.807, 2.05) is 0 Å². The van der Waals surface area contributed by atoms with Crippen LogP contribution in [0.3, 0.4) is 0 Å². The average Bonchev–Trinajstić information content (AvgIpc) is 2.60. The molecule has 0 saturated carbocycles. The lowest BCUT2D eigenvalue weighted by atomic mass is 9.98. The number of phenolic OH excluding ortho intramolecular Hbond substituents is 1. The predicted octanol–water partition coefficient (Wildman–Crippen LogP) is 2.61. The van der Waals surface area contributed by atoms with Crippen molar-refractivity contribution in [2.75, 3.05) is 20.8 Å². The number of carbonyl (C=O) groups is 1. The van der Waals surface area contributed by atoms with Crippen LogP contribution in [0.2, 0.25) is 0 Å².